The van der Waals surface area contributed by atoms with Crippen molar-refractivity contribution in [1.82, 2.24) is 15.1 Å². The molecule has 0 unspecified atom stereocenters. The zero-order valence-corrected chi connectivity index (χ0v) is 11.4. The van der Waals surface area contributed by atoms with Gasteiger partial charge in [-0.3, -0.25) is 9.48 Å². The lowest BCUT2D eigenvalue weighted by Crippen LogP contribution is -2.37. The van der Waals surface area contributed by atoms with Crippen molar-refractivity contribution in [3.8, 4) is 5.75 Å². The Labute approximate surface area is 117 Å². The van der Waals surface area contributed by atoms with Crippen LogP contribution in [0.1, 0.15) is 22.5 Å². The predicted octanol–water partition coefficient (Wildman–Crippen LogP) is 1.54. The van der Waals surface area contributed by atoms with Gasteiger partial charge in [-0.25, -0.2) is 0 Å². The molecular weight excluding hydrogens is 254 g/mol. The van der Waals surface area contributed by atoms with E-state index in [-0.39, 0.29) is 12.0 Å². The minimum Gasteiger partial charge on any atom is -0.488 e. The number of aromatic nitrogens is 2. The van der Waals surface area contributed by atoms with Gasteiger partial charge in [-0.15, -0.1) is 0 Å². The predicted molar refractivity (Wildman–Crippen MR) is 74.7 cm³/mol. The molecule has 1 amide bonds. The van der Waals surface area contributed by atoms with Crippen molar-refractivity contribution in [2.45, 2.75) is 18.9 Å². The minimum absolute atomic E-state index is 0.0297. The molecule has 1 N–H and O–H groups in total. The number of amides is 1. The van der Waals surface area contributed by atoms with Gasteiger partial charge in [0.05, 0.1) is 6.54 Å². The molecule has 3 rings (SSSR count). The van der Waals surface area contributed by atoms with Crippen molar-refractivity contribution in [3.63, 3.8) is 0 Å². The molecule has 20 heavy (non-hydrogen) atoms. The van der Waals surface area contributed by atoms with E-state index >= 15 is 0 Å². The van der Waals surface area contributed by atoms with E-state index < -0.39 is 0 Å². The first-order valence-corrected chi connectivity index (χ1v) is 6.75. The molecule has 1 aromatic carbocycles. The molecular formula is C15H17N3O2. The average Bonchev–Trinajstić information content (AvgIpc) is 2.91. The Hall–Kier alpha value is -2.30. The van der Waals surface area contributed by atoms with Gasteiger partial charge in [-0.2, -0.15) is 5.10 Å². The van der Waals surface area contributed by atoms with E-state index in [1.165, 1.54) is 5.56 Å². The van der Waals surface area contributed by atoms with Crippen molar-refractivity contribution in [1.29, 1.82) is 0 Å². The number of carbonyl (C=O) groups excluding carboxylic acids is 1. The van der Waals surface area contributed by atoms with Gasteiger partial charge in [0.15, 0.2) is 0 Å². The van der Waals surface area contributed by atoms with Crippen molar-refractivity contribution in [2.24, 2.45) is 7.05 Å². The number of nitrogens with one attached hydrogen (secondary N) is 1. The number of hydrogen-bond donors (Lipinski definition) is 1. The first kappa shape index (κ1) is 12.7. The molecule has 104 valence electrons. The van der Waals surface area contributed by atoms with Crippen LogP contribution in [0.5, 0.6) is 5.75 Å². The van der Waals surface area contributed by atoms with E-state index in [1.54, 1.807) is 24.0 Å². The monoisotopic (exact) mass is 271 g/mol. The maximum Gasteiger partial charge on any atom is 0.269 e. The molecule has 0 spiro atoms. The quantitative estimate of drug-likeness (QED) is 0.921. The highest BCUT2D eigenvalue weighted by Crippen LogP contribution is 2.26. The van der Waals surface area contributed by atoms with E-state index in [0.29, 0.717) is 12.2 Å². The van der Waals surface area contributed by atoms with Crippen molar-refractivity contribution >= 4 is 5.91 Å². The SMILES string of the molecule is Cn1nccc1C(=O)NC[C@H]1CCc2ccccc2O1. The van der Waals surface area contributed by atoms with E-state index in [0.717, 1.165) is 18.6 Å². The summed E-state index contributed by atoms with van der Waals surface area (Å²) in [6.07, 6.45) is 3.55. The summed E-state index contributed by atoms with van der Waals surface area (Å²) in [4.78, 5) is 12.0. The molecule has 0 aliphatic carbocycles. The maximum atomic E-state index is 12.0. The number of nitrogens with zero attached hydrogens (tertiary/aromatic N) is 2. The topological polar surface area (TPSA) is 56.2 Å². The highest BCUT2D eigenvalue weighted by Gasteiger charge is 2.20. The van der Waals surface area contributed by atoms with Gasteiger partial charge < -0.3 is 10.1 Å². The number of aryl methyl sites for hydroxylation is 2. The lowest BCUT2D eigenvalue weighted by molar-refractivity contribution is 0.0909. The Bertz CT molecular complexity index is 621. The molecule has 0 saturated heterocycles. The highest BCUT2D eigenvalue weighted by molar-refractivity contribution is 5.92. The van der Waals surface area contributed by atoms with Crippen LogP contribution in [0.25, 0.3) is 0 Å². The van der Waals surface area contributed by atoms with Crippen LogP contribution >= 0.6 is 0 Å². The van der Waals surface area contributed by atoms with Crippen LogP contribution in [0.3, 0.4) is 0 Å². The normalized spacial score (nSPS) is 17.1. The molecule has 0 saturated carbocycles. The summed E-state index contributed by atoms with van der Waals surface area (Å²) in [6.45, 7) is 0.512. The second-order valence-electron chi connectivity index (χ2n) is 4.94. The molecule has 1 aromatic heterocycles. The Kier molecular flexibility index (Phi) is 3.41. The number of fused-ring (bicyclic) bond motifs is 1. The minimum atomic E-state index is -0.118. The summed E-state index contributed by atoms with van der Waals surface area (Å²) < 4.78 is 7.45. The fourth-order valence-electron chi connectivity index (χ4n) is 2.42. The number of benzene rings is 1. The fourth-order valence-corrected chi connectivity index (χ4v) is 2.42. The third-order valence-electron chi connectivity index (χ3n) is 3.55. The summed E-state index contributed by atoms with van der Waals surface area (Å²) in [5, 5.41) is 6.89. The lowest BCUT2D eigenvalue weighted by Gasteiger charge is -2.26. The molecule has 0 fully saturated rings. The largest absolute Gasteiger partial charge is 0.488 e. The second kappa shape index (κ2) is 5.36. The molecule has 1 aliphatic heterocycles. The molecule has 1 atom stereocenters. The summed E-state index contributed by atoms with van der Waals surface area (Å²) in [7, 11) is 1.75. The number of para-hydroxylation sites is 1. The molecule has 0 bridgehead atoms. The van der Waals surface area contributed by atoms with Gasteiger partial charge in [-0.1, -0.05) is 18.2 Å². The zero-order valence-electron chi connectivity index (χ0n) is 11.4. The molecule has 2 heterocycles. The summed E-state index contributed by atoms with van der Waals surface area (Å²) in [5.41, 5.74) is 1.79. The lowest BCUT2D eigenvalue weighted by atomic mass is 10.0. The first-order chi connectivity index (χ1) is 9.74. The highest BCUT2D eigenvalue weighted by atomic mass is 16.5. The first-order valence-electron chi connectivity index (χ1n) is 6.75. The van der Waals surface area contributed by atoms with Crippen LogP contribution in [0, 0.1) is 0 Å². The Balaban J connectivity index is 1.58. The van der Waals surface area contributed by atoms with Gasteiger partial charge >= 0.3 is 0 Å². The van der Waals surface area contributed by atoms with Gasteiger partial charge in [0.1, 0.15) is 17.5 Å². The van der Waals surface area contributed by atoms with Crippen LogP contribution in [0.15, 0.2) is 36.5 Å². The summed E-state index contributed by atoms with van der Waals surface area (Å²) in [5.74, 6) is 0.811. The molecule has 2 aromatic rings. The Morgan fingerprint density at radius 3 is 3.10 bits per heavy atom. The van der Waals surface area contributed by atoms with Gasteiger partial charge in [0, 0.05) is 13.2 Å². The van der Waals surface area contributed by atoms with E-state index in [9.17, 15) is 4.79 Å². The number of carbonyl (C=O) groups is 1. The van der Waals surface area contributed by atoms with Crippen molar-refractivity contribution in [3.05, 3.63) is 47.8 Å². The fraction of sp³-hybridized carbons (Fsp3) is 0.333. The van der Waals surface area contributed by atoms with Crippen LogP contribution in [-0.4, -0.2) is 28.3 Å². The van der Waals surface area contributed by atoms with Gasteiger partial charge in [0.2, 0.25) is 0 Å². The van der Waals surface area contributed by atoms with Gasteiger partial charge in [-0.05, 0) is 30.5 Å². The second-order valence-corrected chi connectivity index (χ2v) is 4.94. The number of rotatable bonds is 3. The van der Waals surface area contributed by atoms with Crippen LogP contribution in [0.2, 0.25) is 0 Å². The zero-order chi connectivity index (χ0) is 13.9. The van der Waals surface area contributed by atoms with Crippen molar-refractivity contribution in [2.75, 3.05) is 6.54 Å². The Morgan fingerprint density at radius 2 is 2.30 bits per heavy atom. The standard InChI is InChI=1S/C15H17N3O2/c1-18-13(8-9-17-18)15(19)16-10-12-7-6-11-4-2-3-5-14(11)20-12/h2-5,8-9,12H,6-7,10H2,1H3,(H,16,19)/t12-/m1/s1. The van der Waals surface area contributed by atoms with Crippen molar-refractivity contribution < 1.29 is 9.53 Å². The molecule has 0 radical (unpaired) electrons. The van der Waals surface area contributed by atoms with E-state index in [2.05, 4.69) is 16.5 Å². The molecule has 1 aliphatic rings. The third kappa shape index (κ3) is 2.52. The van der Waals surface area contributed by atoms with E-state index in [4.69, 9.17) is 4.74 Å². The Morgan fingerprint density at radius 1 is 1.45 bits per heavy atom. The molecule has 5 heteroatoms. The van der Waals surface area contributed by atoms with Gasteiger partial charge in [0.25, 0.3) is 5.91 Å². The summed E-state index contributed by atoms with van der Waals surface area (Å²) in [6, 6.07) is 9.75. The smallest absolute Gasteiger partial charge is 0.269 e. The maximum absolute atomic E-state index is 12.0. The third-order valence-corrected chi connectivity index (χ3v) is 3.55. The number of ether oxygens (including phenoxy) is 1. The van der Waals surface area contributed by atoms with Crippen LogP contribution in [-0.2, 0) is 13.5 Å². The summed E-state index contributed by atoms with van der Waals surface area (Å²) >= 11 is 0. The molecule has 5 nitrogen and oxygen atoms in total. The average molecular weight is 271 g/mol. The van der Waals surface area contributed by atoms with Crippen LogP contribution < -0.4 is 10.1 Å². The number of hydrogen-bond acceptors (Lipinski definition) is 3. The van der Waals surface area contributed by atoms with E-state index in [1.807, 2.05) is 18.2 Å². The van der Waals surface area contributed by atoms with Crippen LogP contribution in [0.4, 0.5) is 0 Å².